The first-order valence-electron chi connectivity index (χ1n) is 14.6. The molecule has 6 aromatic rings. The zero-order chi connectivity index (χ0) is 31.6. The minimum absolute atomic E-state index is 0.210. The SMILES string of the molecule is C[Si]C.Cc1[cH-]c2cccc(-c3ccccc3)c2c1C.Cc1cc2c(-c3ccc(C(C)(C)C)cc3)cccc2[cH-]1.[Cl][Zr+2][Cl]. The van der Waals surface area contributed by atoms with E-state index in [9.17, 15) is 0 Å². The molecule has 220 valence electrons. The van der Waals surface area contributed by atoms with E-state index in [1.165, 1.54) is 66.1 Å². The van der Waals surface area contributed by atoms with E-state index in [2.05, 4.69) is 164 Å². The van der Waals surface area contributed by atoms with Gasteiger partial charge in [-0.05, 0) is 22.1 Å². The second-order valence-electron chi connectivity index (χ2n) is 11.8. The van der Waals surface area contributed by atoms with Gasteiger partial charge in [-0.3, -0.25) is 0 Å². The van der Waals surface area contributed by atoms with Crippen LogP contribution in [0, 0.1) is 20.8 Å². The molecule has 2 radical (unpaired) electrons. The van der Waals surface area contributed by atoms with Crippen LogP contribution in [0.25, 0.3) is 43.8 Å². The Kier molecular flexibility index (Phi) is 13.7. The number of rotatable bonds is 2. The van der Waals surface area contributed by atoms with Crippen LogP contribution in [-0.2, 0) is 26.3 Å². The fourth-order valence-corrected chi connectivity index (χ4v) is 5.29. The van der Waals surface area contributed by atoms with Crippen molar-refractivity contribution in [3.05, 3.63) is 131 Å². The number of aryl methyl sites for hydroxylation is 3. The van der Waals surface area contributed by atoms with Gasteiger partial charge < -0.3 is 0 Å². The normalized spacial score (nSPS) is 10.6. The van der Waals surface area contributed by atoms with Crippen molar-refractivity contribution in [1.82, 2.24) is 0 Å². The summed E-state index contributed by atoms with van der Waals surface area (Å²) in [5.41, 5.74) is 11.0. The third kappa shape index (κ3) is 9.39. The van der Waals surface area contributed by atoms with E-state index in [-0.39, 0.29) is 5.41 Å². The summed E-state index contributed by atoms with van der Waals surface area (Å²) in [4.78, 5) is 0. The van der Waals surface area contributed by atoms with E-state index < -0.39 is 20.8 Å². The first kappa shape index (κ1) is 35.3. The van der Waals surface area contributed by atoms with Gasteiger partial charge >= 0.3 is 37.9 Å². The molecule has 0 fully saturated rings. The van der Waals surface area contributed by atoms with Crippen molar-refractivity contribution in [2.24, 2.45) is 0 Å². The topological polar surface area (TPSA) is 0 Å². The van der Waals surface area contributed by atoms with Gasteiger partial charge in [0.2, 0.25) is 0 Å². The van der Waals surface area contributed by atoms with Crippen LogP contribution >= 0.6 is 17.0 Å². The molecular weight excluding hydrogens is 659 g/mol. The molecule has 0 aliphatic carbocycles. The molecule has 0 heterocycles. The first-order chi connectivity index (χ1) is 20.5. The average Bonchev–Trinajstić information content (AvgIpc) is 3.52. The van der Waals surface area contributed by atoms with Gasteiger partial charge in [0.25, 0.3) is 0 Å². The Morgan fingerprint density at radius 2 is 1.19 bits per heavy atom. The molecule has 6 rings (SSSR count). The second-order valence-corrected chi connectivity index (χ2v) is 16.6. The summed E-state index contributed by atoms with van der Waals surface area (Å²) in [5, 5.41) is 5.44. The molecular formula is C39H42Cl2SiZr. The molecule has 0 atom stereocenters. The second kappa shape index (κ2) is 16.7. The Hall–Kier alpha value is -2.22. The van der Waals surface area contributed by atoms with Crippen LogP contribution in [0.1, 0.15) is 43.0 Å². The van der Waals surface area contributed by atoms with Crippen LogP contribution in [0.3, 0.4) is 0 Å². The molecule has 0 unspecified atom stereocenters. The van der Waals surface area contributed by atoms with Crippen LogP contribution in [0.4, 0.5) is 0 Å². The molecule has 4 heteroatoms. The van der Waals surface area contributed by atoms with Crippen molar-refractivity contribution in [3.8, 4) is 22.3 Å². The number of halogens is 2. The van der Waals surface area contributed by atoms with Gasteiger partial charge in [0.05, 0.1) is 0 Å². The average molecular weight is 701 g/mol. The van der Waals surface area contributed by atoms with E-state index >= 15 is 0 Å². The van der Waals surface area contributed by atoms with Gasteiger partial charge in [-0.1, -0.05) is 132 Å². The van der Waals surface area contributed by atoms with Crippen LogP contribution in [-0.4, -0.2) is 9.52 Å². The van der Waals surface area contributed by atoms with Gasteiger partial charge in [-0.2, -0.15) is 11.6 Å². The van der Waals surface area contributed by atoms with Crippen molar-refractivity contribution >= 4 is 48.1 Å². The molecule has 0 amide bonds. The molecule has 6 aromatic carbocycles. The Bertz CT molecular complexity index is 1700. The van der Waals surface area contributed by atoms with Gasteiger partial charge in [0.1, 0.15) is 0 Å². The van der Waals surface area contributed by atoms with E-state index in [1.54, 1.807) is 0 Å². The molecule has 0 aliphatic rings. The van der Waals surface area contributed by atoms with E-state index in [0.29, 0.717) is 0 Å². The van der Waals surface area contributed by atoms with Crippen molar-refractivity contribution in [1.29, 1.82) is 0 Å². The zero-order valence-corrected chi connectivity index (χ0v) is 31.6. The van der Waals surface area contributed by atoms with E-state index in [0.717, 1.165) is 9.52 Å². The van der Waals surface area contributed by atoms with E-state index in [4.69, 9.17) is 17.0 Å². The Morgan fingerprint density at radius 1 is 0.651 bits per heavy atom. The predicted octanol–water partition coefficient (Wildman–Crippen LogP) is 12.8. The number of hydrogen-bond donors (Lipinski definition) is 0. The molecule has 0 saturated heterocycles. The molecule has 0 nitrogen and oxygen atoms in total. The standard InChI is InChI=1S/C20H21.C17H15.C2H6Si.2ClH.Zr/c1-14-12-16-6-5-7-18(19(16)13-14)15-8-10-17(11-9-15)20(2,3)4;1-12-11-15-9-6-10-16(17(15)13(12)2)14-7-4-3-5-8-14;1-3-2;;;/h5-13H,1-4H3;3-11H,1-2H3;1-2H3;2*1H;/q2*-1;;;;+4/p-2. The van der Waals surface area contributed by atoms with Gasteiger partial charge in [0.15, 0.2) is 0 Å². The summed E-state index contributed by atoms with van der Waals surface area (Å²) in [5.74, 6) is 0. The van der Waals surface area contributed by atoms with Crippen molar-refractivity contribution in [2.75, 3.05) is 0 Å². The number of benzene rings is 4. The monoisotopic (exact) mass is 698 g/mol. The van der Waals surface area contributed by atoms with Crippen LogP contribution in [0.2, 0.25) is 13.1 Å². The van der Waals surface area contributed by atoms with E-state index in [1.807, 2.05) is 0 Å². The van der Waals surface area contributed by atoms with Crippen LogP contribution in [0.15, 0.2) is 109 Å². The van der Waals surface area contributed by atoms with Gasteiger partial charge in [-0.15, -0.1) is 69.1 Å². The van der Waals surface area contributed by atoms with Crippen molar-refractivity contribution < 1.29 is 20.8 Å². The fraction of sp³-hybridized carbons (Fsp3) is 0.231. The maximum atomic E-state index is 4.93. The third-order valence-electron chi connectivity index (χ3n) is 7.48. The Labute approximate surface area is 280 Å². The minimum atomic E-state index is -0.826. The summed E-state index contributed by atoms with van der Waals surface area (Å²) in [6.07, 6.45) is 0. The predicted molar refractivity (Wildman–Crippen MR) is 192 cm³/mol. The Balaban J connectivity index is 0.000000201. The zero-order valence-electron chi connectivity index (χ0n) is 26.6. The van der Waals surface area contributed by atoms with Crippen LogP contribution < -0.4 is 0 Å². The Morgan fingerprint density at radius 3 is 1.77 bits per heavy atom. The first-order valence-corrected chi connectivity index (χ1v) is 22.9. The molecule has 0 bridgehead atoms. The summed E-state index contributed by atoms with van der Waals surface area (Å²) in [6.45, 7) is 17.6. The summed E-state index contributed by atoms with van der Waals surface area (Å²) >= 11 is -0.826. The molecule has 0 spiro atoms. The number of hydrogen-bond acceptors (Lipinski definition) is 0. The quantitative estimate of drug-likeness (QED) is 0.125. The molecule has 0 aliphatic heterocycles. The molecule has 0 aromatic heterocycles. The molecule has 43 heavy (non-hydrogen) atoms. The number of fused-ring (bicyclic) bond motifs is 2. The molecule has 0 saturated carbocycles. The third-order valence-corrected chi connectivity index (χ3v) is 7.48. The van der Waals surface area contributed by atoms with Gasteiger partial charge in [0, 0.05) is 9.52 Å². The summed E-state index contributed by atoms with van der Waals surface area (Å²) < 4.78 is 0. The summed E-state index contributed by atoms with van der Waals surface area (Å²) in [7, 11) is 11.0. The van der Waals surface area contributed by atoms with Gasteiger partial charge in [-0.25, -0.2) is 0 Å². The summed E-state index contributed by atoms with van der Waals surface area (Å²) in [6, 6.07) is 39.5. The maximum absolute atomic E-state index is 4.93. The van der Waals surface area contributed by atoms with Crippen LogP contribution in [0.5, 0.6) is 0 Å². The molecule has 0 N–H and O–H groups in total. The fourth-order valence-electron chi connectivity index (χ4n) is 5.29. The van der Waals surface area contributed by atoms with Crippen molar-refractivity contribution in [3.63, 3.8) is 0 Å². The van der Waals surface area contributed by atoms with Crippen molar-refractivity contribution in [2.45, 2.75) is 60.1 Å².